The van der Waals surface area contributed by atoms with Crippen molar-refractivity contribution in [1.29, 1.82) is 0 Å². The van der Waals surface area contributed by atoms with Crippen LogP contribution in [0.15, 0.2) is 24.3 Å². The summed E-state index contributed by atoms with van der Waals surface area (Å²) in [6.45, 7) is 2.19. The van der Waals surface area contributed by atoms with Gasteiger partial charge in [0.05, 0.1) is 0 Å². The van der Waals surface area contributed by atoms with Crippen molar-refractivity contribution in [2.45, 2.75) is 12.3 Å². The van der Waals surface area contributed by atoms with Crippen LogP contribution in [-0.2, 0) is 0 Å². The van der Waals surface area contributed by atoms with Gasteiger partial charge in [0, 0.05) is 24.1 Å². The molecule has 0 saturated carbocycles. The van der Waals surface area contributed by atoms with Gasteiger partial charge in [0.2, 0.25) is 0 Å². The molecule has 0 spiro atoms. The number of halogens is 1. The molecule has 1 aliphatic rings. The van der Waals surface area contributed by atoms with Crippen molar-refractivity contribution in [2.75, 3.05) is 19.7 Å². The van der Waals surface area contributed by atoms with E-state index in [2.05, 4.69) is 17.4 Å². The number of nitrogens with one attached hydrogen (secondary N) is 1. The molecule has 2 rings (SSSR count). The Labute approximate surface area is 95.3 Å². The molecular weight excluding hydrogens is 210 g/mol. The van der Waals surface area contributed by atoms with Gasteiger partial charge in [-0.2, -0.15) is 0 Å². The molecule has 0 radical (unpaired) electrons. The standard InChI is InChI=1S/C12H16ClNO/c13-11-3-1-9(2-4-11)12-5-6-14-7-10(12)8-15/h1-4,10,12,14-15H,5-8H2/t10-,12-/m1/s1. The average molecular weight is 226 g/mol. The lowest BCUT2D eigenvalue weighted by Gasteiger charge is -2.31. The highest BCUT2D eigenvalue weighted by molar-refractivity contribution is 6.30. The monoisotopic (exact) mass is 225 g/mol. The fourth-order valence-electron chi connectivity index (χ4n) is 2.26. The summed E-state index contributed by atoms with van der Waals surface area (Å²) in [5.41, 5.74) is 1.29. The normalized spacial score (nSPS) is 26.5. The maximum Gasteiger partial charge on any atom is 0.0477 e. The number of piperidine rings is 1. The molecule has 3 heteroatoms. The van der Waals surface area contributed by atoms with Crippen LogP contribution >= 0.6 is 11.6 Å². The van der Waals surface area contributed by atoms with Gasteiger partial charge in [0.15, 0.2) is 0 Å². The third-order valence-corrected chi connectivity index (χ3v) is 3.39. The Morgan fingerprint density at radius 2 is 2.07 bits per heavy atom. The molecule has 82 valence electrons. The number of aliphatic hydroxyl groups is 1. The predicted molar refractivity (Wildman–Crippen MR) is 62.3 cm³/mol. The zero-order chi connectivity index (χ0) is 10.7. The van der Waals surface area contributed by atoms with Crippen LogP contribution < -0.4 is 5.32 Å². The first kappa shape index (κ1) is 10.9. The summed E-state index contributed by atoms with van der Waals surface area (Å²) in [5.74, 6) is 0.799. The van der Waals surface area contributed by atoms with Crippen LogP contribution in [0, 0.1) is 5.92 Å². The van der Waals surface area contributed by atoms with E-state index in [1.807, 2.05) is 12.1 Å². The quantitative estimate of drug-likeness (QED) is 0.807. The number of hydrogen-bond donors (Lipinski definition) is 2. The minimum Gasteiger partial charge on any atom is -0.396 e. The second kappa shape index (κ2) is 4.97. The highest BCUT2D eigenvalue weighted by atomic mass is 35.5. The summed E-state index contributed by atoms with van der Waals surface area (Å²) >= 11 is 5.86. The second-order valence-corrected chi connectivity index (χ2v) is 4.53. The lowest BCUT2D eigenvalue weighted by Crippen LogP contribution is -2.37. The summed E-state index contributed by atoms with van der Waals surface area (Å²) in [5, 5.41) is 13.4. The number of aliphatic hydroxyl groups excluding tert-OH is 1. The van der Waals surface area contributed by atoms with Gasteiger partial charge >= 0.3 is 0 Å². The van der Waals surface area contributed by atoms with Gasteiger partial charge in [-0.3, -0.25) is 0 Å². The van der Waals surface area contributed by atoms with E-state index >= 15 is 0 Å². The Hall–Kier alpha value is -0.570. The zero-order valence-electron chi connectivity index (χ0n) is 8.62. The van der Waals surface area contributed by atoms with E-state index < -0.39 is 0 Å². The van der Waals surface area contributed by atoms with Gasteiger partial charge in [-0.1, -0.05) is 23.7 Å². The lowest BCUT2D eigenvalue weighted by atomic mass is 9.82. The molecule has 15 heavy (non-hydrogen) atoms. The topological polar surface area (TPSA) is 32.3 Å². The number of benzene rings is 1. The van der Waals surface area contributed by atoms with Crippen molar-refractivity contribution in [2.24, 2.45) is 5.92 Å². The lowest BCUT2D eigenvalue weighted by molar-refractivity contribution is 0.179. The maximum atomic E-state index is 9.31. The molecule has 2 atom stereocenters. The van der Waals surface area contributed by atoms with E-state index in [1.54, 1.807) is 0 Å². The van der Waals surface area contributed by atoms with E-state index in [4.69, 9.17) is 11.6 Å². The predicted octanol–water partition coefficient (Wildman–Crippen LogP) is 2.03. The van der Waals surface area contributed by atoms with Crippen LogP contribution in [0.25, 0.3) is 0 Å². The molecule has 1 aromatic rings. The van der Waals surface area contributed by atoms with Crippen LogP contribution in [0.2, 0.25) is 5.02 Å². The highest BCUT2D eigenvalue weighted by Crippen LogP contribution is 2.30. The molecule has 0 aliphatic carbocycles. The first-order chi connectivity index (χ1) is 7.31. The van der Waals surface area contributed by atoms with Gasteiger partial charge in [-0.05, 0) is 36.6 Å². The Bertz CT molecular complexity index is 312. The summed E-state index contributed by atoms with van der Waals surface area (Å²) in [4.78, 5) is 0. The Kier molecular flexibility index (Phi) is 3.62. The number of hydrogen-bond acceptors (Lipinski definition) is 2. The SMILES string of the molecule is OC[C@H]1CNCC[C@@H]1c1ccc(Cl)cc1. The van der Waals surface area contributed by atoms with Gasteiger partial charge in [-0.25, -0.2) is 0 Å². The van der Waals surface area contributed by atoms with Crippen LogP contribution in [0.3, 0.4) is 0 Å². The van der Waals surface area contributed by atoms with E-state index in [0.717, 1.165) is 24.5 Å². The van der Waals surface area contributed by atoms with Gasteiger partial charge in [0.25, 0.3) is 0 Å². The molecule has 1 aliphatic heterocycles. The maximum absolute atomic E-state index is 9.31. The fourth-order valence-corrected chi connectivity index (χ4v) is 2.39. The van der Waals surface area contributed by atoms with Gasteiger partial charge < -0.3 is 10.4 Å². The van der Waals surface area contributed by atoms with E-state index in [0.29, 0.717) is 11.8 Å². The molecule has 1 aromatic carbocycles. The van der Waals surface area contributed by atoms with Crippen molar-refractivity contribution >= 4 is 11.6 Å². The van der Waals surface area contributed by atoms with Crippen molar-refractivity contribution in [3.05, 3.63) is 34.9 Å². The minimum absolute atomic E-state index is 0.250. The van der Waals surface area contributed by atoms with Crippen molar-refractivity contribution in [3.8, 4) is 0 Å². The molecule has 0 aromatic heterocycles. The van der Waals surface area contributed by atoms with E-state index in [1.165, 1.54) is 5.56 Å². The van der Waals surface area contributed by atoms with Crippen molar-refractivity contribution in [1.82, 2.24) is 5.32 Å². The molecule has 0 amide bonds. The third-order valence-electron chi connectivity index (χ3n) is 3.14. The van der Waals surface area contributed by atoms with Gasteiger partial charge in [-0.15, -0.1) is 0 Å². The smallest absolute Gasteiger partial charge is 0.0477 e. The van der Waals surface area contributed by atoms with Crippen LogP contribution in [0.4, 0.5) is 0 Å². The first-order valence-corrected chi connectivity index (χ1v) is 5.76. The molecule has 0 bridgehead atoms. The van der Waals surface area contributed by atoms with Gasteiger partial charge in [0.1, 0.15) is 0 Å². The highest BCUT2D eigenvalue weighted by Gasteiger charge is 2.25. The average Bonchev–Trinajstić information content (AvgIpc) is 2.30. The van der Waals surface area contributed by atoms with E-state index in [-0.39, 0.29) is 6.61 Å². The second-order valence-electron chi connectivity index (χ2n) is 4.09. The molecule has 2 N–H and O–H groups in total. The zero-order valence-corrected chi connectivity index (χ0v) is 9.37. The largest absolute Gasteiger partial charge is 0.396 e. The summed E-state index contributed by atoms with van der Waals surface area (Å²) in [7, 11) is 0. The van der Waals surface area contributed by atoms with Crippen LogP contribution in [0.5, 0.6) is 0 Å². The summed E-state index contributed by atoms with van der Waals surface area (Å²) < 4.78 is 0. The minimum atomic E-state index is 0.250. The van der Waals surface area contributed by atoms with Crippen LogP contribution in [0.1, 0.15) is 17.9 Å². The fraction of sp³-hybridized carbons (Fsp3) is 0.500. The van der Waals surface area contributed by atoms with Crippen LogP contribution in [-0.4, -0.2) is 24.8 Å². The van der Waals surface area contributed by atoms with Crippen molar-refractivity contribution < 1.29 is 5.11 Å². The Morgan fingerprint density at radius 1 is 1.33 bits per heavy atom. The molecule has 1 heterocycles. The molecule has 1 fully saturated rings. The summed E-state index contributed by atoms with van der Waals surface area (Å²) in [6, 6.07) is 7.99. The Morgan fingerprint density at radius 3 is 2.73 bits per heavy atom. The third kappa shape index (κ3) is 2.51. The molecule has 1 saturated heterocycles. The molecule has 2 nitrogen and oxygen atoms in total. The molecule has 0 unspecified atom stereocenters. The van der Waals surface area contributed by atoms with E-state index in [9.17, 15) is 5.11 Å². The number of rotatable bonds is 2. The summed E-state index contributed by atoms with van der Waals surface area (Å²) in [6.07, 6.45) is 1.09. The Balaban J connectivity index is 2.16. The van der Waals surface area contributed by atoms with Crippen molar-refractivity contribution in [3.63, 3.8) is 0 Å². The molecular formula is C12H16ClNO. The first-order valence-electron chi connectivity index (χ1n) is 5.38.